The van der Waals surface area contributed by atoms with Gasteiger partial charge in [-0.2, -0.15) is 18.3 Å². The van der Waals surface area contributed by atoms with Crippen LogP contribution in [0.5, 0.6) is 5.75 Å². The number of aromatic hydroxyl groups is 1. The molecule has 0 spiro atoms. The van der Waals surface area contributed by atoms with Crippen LogP contribution in [0.1, 0.15) is 16.7 Å². The van der Waals surface area contributed by atoms with Gasteiger partial charge in [0.1, 0.15) is 11.6 Å². The zero-order chi connectivity index (χ0) is 18.4. The number of benzene rings is 2. The summed E-state index contributed by atoms with van der Waals surface area (Å²) in [4.78, 5) is 0. The van der Waals surface area contributed by atoms with Crippen molar-refractivity contribution in [1.82, 2.24) is 0 Å². The minimum absolute atomic E-state index is 0.0951. The number of phenolic OH excluding ortho intramolecular Hbond substituents is 1. The monoisotopic (exact) mass is 371 g/mol. The van der Waals surface area contributed by atoms with Crippen LogP contribution in [0.25, 0.3) is 0 Å². The van der Waals surface area contributed by atoms with Crippen molar-refractivity contribution < 1.29 is 22.7 Å². The van der Waals surface area contributed by atoms with Crippen molar-refractivity contribution in [2.75, 3.05) is 0 Å². The van der Waals surface area contributed by atoms with Gasteiger partial charge in [-0.25, -0.2) is 4.39 Å². The Morgan fingerprint density at radius 2 is 1.88 bits per heavy atom. The third kappa shape index (κ3) is 5.49. The maximum Gasteiger partial charge on any atom is 0.419 e. The van der Waals surface area contributed by atoms with Gasteiger partial charge in [-0.3, -0.25) is 0 Å². The van der Waals surface area contributed by atoms with Gasteiger partial charge in [0, 0.05) is 17.4 Å². The zero-order valence-electron chi connectivity index (χ0n) is 12.7. The normalized spacial score (nSPS) is 12.7. The molecule has 0 aromatic heterocycles. The Kier molecular flexibility index (Phi) is 6.02. The highest BCUT2D eigenvalue weighted by Gasteiger charge is 2.34. The molecule has 0 aliphatic rings. The van der Waals surface area contributed by atoms with Crippen molar-refractivity contribution in [2.24, 2.45) is 15.9 Å². The molecule has 3 N–H and O–H groups in total. The fourth-order valence-electron chi connectivity index (χ4n) is 1.81. The van der Waals surface area contributed by atoms with Gasteiger partial charge in [0.05, 0.1) is 11.8 Å². The molecule has 0 radical (unpaired) electrons. The molecule has 0 saturated carbocycles. The summed E-state index contributed by atoms with van der Waals surface area (Å²) in [6.45, 7) is 0. The largest absolute Gasteiger partial charge is 0.507 e. The Balaban J connectivity index is 2.08. The first kappa shape index (κ1) is 18.8. The summed E-state index contributed by atoms with van der Waals surface area (Å²) in [5.74, 6) is -1.70. The van der Waals surface area contributed by atoms with E-state index in [1.54, 1.807) is 0 Å². The topological polar surface area (TPSA) is 71.0 Å². The van der Waals surface area contributed by atoms with Crippen LogP contribution in [0.4, 0.5) is 17.6 Å². The first-order valence-electron chi connectivity index (χ1n) is 6.90. The van der Waals surface area contributed by atoms with Crippen molar-refractivity contribution in [2.45, 2.75) is 11.9 Å². The van der Waals surface area contributed by atoms with Crippen LogP contribution in [0.15, 0.2) is 52.7 Å². The highest BCUT2D eigenvalue weighted by Crippen LogP contribution is 2.34. The van der Waals surface area contributed by atoms with E-state index in [4.69, 9.17) is 5.73 Å². The molecule has 0 heterocycles. The van der Waals surface area contributed by atoms with E-state index in [1.165, 1.54) is 11.8 Å². The van der Waals surface area contributed by atoms with Crippen LogP contribution in [0.2, 0.25) is 0 Å². The van der Waals surface area contributed by atoms with Crippen LogP contribution in [-0.4, -0.2) is 16.5 Å². The number of rotatable bonds is 4. The molecule has 0 aliphatic heterocycles. The predicted octanol–water partition coefficient (Wildman–Crippen LogP) is 4.13. The zero-order valence-corrected chi connectivity index (χ0v) is 13.5. The number of alkyl halides is 3. The van der Waals surface area contributed by atoms with Crippen LogP contribution in [-0.2, 0) is 11.9 Å². The van der Waals surface area contributed by atoms with E-state index < -0.39 is 23.3 Å². The van der Waals surface area contributed by atoms with Crippen molar-refractivity contribution in [1.29, 1.82) is 0 Å². The predicted molar refractivity (Wildman–Crippen MR) is 90.0 cm³/mol. The maximum absolute atomic E-state index is 13.3. The van der Waals surface area contributed by atoms with E-state index in [9.17, 15) is 22.7 Å². The van der Waals surface area contributed by atoms with Crippen LogP contribution in [0, 0.1) is 5.82 Å². The minimum Gasteiger partial charge on any atom is -0.507 e. The maximum atomic E-state index is 13.3. The Morgan fingerprint density at radius 3 is 2.52 bits per heavy atom. The molecule has 0 aliphatic carbocycles. The Hall–Kier alpha value is -2.55. The number of amidine groups is 1. The van der Waals surface area contributed by atoms with E-state index >= 15 is 0 Å². The Labute approximate surface area is 145 Å². The van der Waals surface area contributed by atoms with Crippen molar-refractivity contribution >= 4 is 23.1 Å². The SMILES string of the molecule is NC(=NN=Cc1cc(C(F)(F)F)c(F)cc1O)SCc1ccccc1. The lowest BCUT2D eigenvalue weighted by molar-refractivity contribution is -0.140. The number of phenols is 1. The number of nitrogens with two attached hydrogens (primary N) is 1. The lowest BCUT2D eigenvalue weighted by Gasteiger charge is -2.09. The van der Waals surface area contributed by atoms with E-state index in [-0.39, 0.29) is 10.7 Å². The number of thioether (sulfide) groups is 1. The molecule has 0 saturated heterocycles. The Morgan fingerprint density at radius 1 is 1.20 bits per heavy atom. The van der Waals surface area contributed by atoms with E-state index in [0.717, 1.165) is 11.8 Å². The second-order valence-corrected chi connectivity index (χ2v) is 5.84. The molecule has 2 aromatic rings. The fourth-order valence-corrected chi connectivity index (χ4v) is 2.42. The molecule has 9 heteroatoms. The molecular weight excluding hydrogens is 358 g/mol. The molecule has 0 atom stereocenters. The summed E-state index contributed by atoms with van der Waals surface area (Å²) < 4.78 is 51.2. The molecule has 2 rings (SSSR count). The second kappa shape index (κ2) is 8.02. The van der Waals surface area contributed by atoms with Gasteiger partial charge in [-0.1, -0.05) is 42.1 Å². The average molecular weight is 371 g/mol. The quantitative estimate of drug-likeness (QED) is 0.367. The molecule has 4 nitrogen and oxygen atoms in total. The fraction of sp³-hybridized carbons (Fsp3) is 0.125. The standard InChI is InChI=1S/C16H13F4N3OS/c17-13-7-14(24)11(6-12(13)16(18,19)20)8-22-23-15(21)25-9-10-4-2-1-3-5-10/h1-8,24H,9H2,(H2,21,23). The summed E-state index contributed by atoms with van der Waals surface area (Å²) in [7, 11) is 0. The molecule has 0 fully saturated rings. The van der Waals surface area contributed by atoms with Crippen molar-refractivity contribution in [3.63, 3.8) is 0 Å². The minimum atomic E-state index is -4.88. The highest BCUT2D eigenvalue weighted by atomic mass is 32.2. The summed E-state index contributed by atoms with van der Waals surface area (Å²) in [5, 5.41) is 16.8. The first-order chi connectivity index (χ1) is 11.8. The van der Waals surface area contributed by atoms with Gasteiger partial charge in [0.25, 0.3) is 0 Å². The van der Waals surface area contributed by atoms with Gasteiger partial charge >= 0.3 is 6.18 Å². The molecule has 25 heavy (non-hydrogen) atoms. The lowest BCUT2D eigenvalue weighted by Crippen LogP contribution is -2.09. The third-order valence-electron chi connectivity index (χ3n) is 3.00. The average Bonchev–Trinajstić information content (AvgIpc) is 2.54. The van der Waals surface area contributed by atoms with Gasteiger partial charge < -0.3 is 10.8 Å². The molecule has 2 aromatic carbocycles. The number of halogens is 4. The van der Waals surface area contributed by atoms with E-state index in [1.807, 2.05) is 30.3 Å². The van der Waals surface area contributed by atoms with E-state index in [0.29, 0.717) is 17.9 Å². The summed E-state index contributed by atoms with van der Waals surface area (Å²) >= 11 is 1.19. The van der Waals surface area contributed by atoms with Crippen molar-refractivity contribution in [3.8, 4) is 5.75 Å². The summed E-state index contributed by atoms with van der Waals surface area (Å²) in [5.41, 5.74) is 4.84. The molecule has 132 valence electrons. The lowest BCUT2D eigenvalue weighted by atomic mass is 10.1. The van der Waals surface area contributed by atoms with Crippen LogP contribution in [0.3, 0.4) is 0 Å². The van der Waals surface area contributed by atoms with Gasteiger partial charge in [0.2, 0.25) is 0 Å². The van der Waals surface area contributed by atoms with Crippen LogP contribution < -0.4 is 5.73 Å². The van der Waals surface area contributed by atoms with Crippen LogP contribution >= 0.6 is 11.8 Å². The number of hydrogen-bond acceptors (Lipinski definition) is 4. The third-order valence-corrected chi connectivity index (χ3v) is 3.86. The molecule has 0 bridgehead atoms. The molecule has 0 unspecified atom stereocenters. The Bertz CT molecular complexity index is 792. The second-order valence-electron chi connectivity index (χ2n) is 4.85. The van der Waals surface area contributed by atoms with Gasteiger partial charge in [-0.05, 0) is 11.6 Å². The first-order valence-corrected chi connectivity index (χ1v) is 7.89. The number of nitrogens with zero attached hydrogens (tertiary/aromatic N) is 2. The summed E-state index contributed by atoms with van der Waals surface area (Å²) in [6.07, 6.45) is -4.01. The number of hydrogen-bond donors (Lipinski definition) is 2. The smallest absolute Gasteiger partial charge is 0.419 e. The summed E-state index contributed by atoms with van der Waals surface area (Å²) in [6, 6.07) is 10.3. The van der Waals surface area contributed by atoms with Crippen molar-refractivity contribution in [3.05, 3.63) is 65.0 Å². The molecular formula is C16H13F4N3OS. The molecule has 0 amide bonds. The van der Waals surface area contributed by atoms with E-state index in [2.05, 4.69) is 10.2 Å². The highest BCUT2D eigenvalue weighted by molar-refractivity contribution is 8.13. The van der Waals surface area contributed by atoms with Gasteiger partial charge in [0.15, 0.2) is 5.17 Å². The van der Waals surface area contributed by atoms with Gasteiger partial charge in [-0.15, -0.1) is 5.10 Å².